The van der Waals surface area contributed by atoms with Gasteiger partial charge in [0, 0.05) is 5.69 Å². The molecule has 1 heterocycles. The van der Waals surface area contributed by atoms with E-state index in [1.807, 2.05) is 31.2 Å². The van der Waals surface area contributed by atoms with Crippen molar-refractivity contribution in [1.82, 2.24) is 9.97 Å². The summed E-state index contributed by atoms with van der Waals surface area (Å²) in [5.41, 5.74) is 2.19. The first-order valence-corrected chi connectivity index (χ1v) is 5.43. The number of anilines is 2. The molecule has 0 fully saturated rings. The van der Waals surface area contributed by atoms with Crippen molar-refractivity contribution < 1.29 is 9.53 Å². The number of ether oxygens (including phenoxy) is 1. The molecule has 92 valence electrons. The van der Waals surface area contributed by atoms with Crippen LogP contribution in [-0.4, -0.2) is 23.0 Å². The van der Waals surface area contributed by atoms with Gasteiger partial charge < -0.3 is 10.1 Å². The highest BCUT2D eigenvalue weighted by Crippen LogP contribution is 2.18. The summed E-state index contributed by atoms with van der Waals surface area (Å²) >= 11 is 0. The lowest BCUT2D eigenvalue weighted by molar-refractivity contribution is 0.0593. The third-order valence-electron chi connectivity index (χ3n) is 2.44. The fourth-order valence-electron chi connectivity index (χ4n) is 1.48. The number of methoxy groups -OCH3 is 1. The van der Waals surface area contributed by atoms with E-state index in [2.05, 4.69) is 20.0 Å². The number of nitrogens with one attached hydrogen (secondary N) is 1. The van der Waals surface area contributed by atoms with Crippen LogP contribution in [0.5, 0.6) is 0 Å². The number of carbonyl (C=O) groups is 1. The van der Waals surface area contributed by atoms with Gasteiger partial charge in [0.15, 0.2) is 5.69 Å². The van der Waals surface area contributed by atoms with Gasteiger partial charge in [-0.1, -0.05) is 18.2 Å². The van der Waals surface area contributed by atoms with Gasteiger partial charge >= 0.3 is 5.97 Å². The van der Waals surface area contributed by atoms with Crippen LogP contribution < -0.4 is 5.32 Å². The molecule has 0 spiro atoms. The van der Waals surface area contributed by atoms with Crippen molar-refractivity contribution in [1.29, 1.82) is 0 Å². The summed E-state index contributed by atoms with van der Waals surface area (Å²) in [5.74, 6) is 0.00290. The zero-order valence-corrected chi connectivity index (χ0v) is 10.2. The molecule has 1 aromatic heterocycles. The van der Waals surface area contributed by atoms with Gasteiger partial charge in [-0.15, -0.1) is 0 Å². The Bertz CT molecular complexity index is 570. The Hall–Kier alpha value is -2.43. The van der Waals surface area contributed by atoms with Gasteiger partial charge in [0.2, 0.25) is 0 Å². The van der Waals surface area contributed by atoms with Crippen molar-refractivity contribution in [3.63, 3.8) is 0 Å². The number of rotatable bonds is 3. The standard InChI is InChI=1S/C13H13N3O2/c1-9-5-3-4-6-10(9)15-12-8-14-7-11(16-12)13(17)18-2/h3-8H,1-2H3,(H,15,16). The van der Waals surface area contributed by atoms with Crippen molar-refractivity contribution >= 4 is 17.5 Å². The number of aryl methyl sites for hydroxylation is 1. The first-order valence-electron chi connectivity index (χ1n) is 5.43. The van der Waals surface area contributed by atoms with Crippen LogP contribution in [0.3, 0.4) is 0 Å². The van der Waals surface area contributed by atoms with Gasteiger partial charge in [-0.05, 0) is 18.6 Å². The Kier molecular flexibility index (Phi) is 3.52. The Morgan fingerprint density at radius 2 is 2.06 bits per heavy atom. The van der Waals surface area contributed by atoms with E-state index in [-0.39, 0.29) is 5.69 Å². The first kappa shape index (κ1) is 12.0. The van der Waals surface area contributed by atoms with E-state index >= 15 is 0 Å². The molecule has 0 bridgehead atoms. The van der Waals surface area contributed by atoms with Crippen molar-refractivity contribution in [2.75, 3.05) is 12.4 Å². The maximum Gasteiger partial charge on any atom is 0.358 e. The normalized spacial score (nSPS) is 9.89. The summed E-state index contributed by atoms with van der Waals surface area (Å²) in [5, 5.41) is 3.11. The lowest BCUT2D eigenvalue weighted by Crippen LogP contribution is -2.07. The predicted octanol–water partition coefficient (Wildman–Crippen LogP) is 2.32. The third kappa shape index (κ3) is 2.63. The lowest BCUT2D eigenvalue weighted by atomic mass is 10.2. The van der Waals surface area contributed by atoms with E-state index in [1.54, 1.807) is 6.20 Å². The third-order valence-corrected chi connectivity index (χ3v) is 2.44. The Morgan fingerprint density at radius 1 is 1.28 bits per heavy atom. The van der Waals surface area contributed by atoms with Crippen molar-refractivity contribution in [3.8, 4) is 0 Å². The molecule has 2 aromatic rings. The van der Waals surface area contributed by atoms with Crippen LogP contribution in [0.25, 0.3) is 0 Å². The van der Waals surface area contributed by atoms with Crippen LogP contribution in [0.2, 0.25) is 0 Å². The van der Waals surface area contributed by atoms with Crippen LogP contribution >= 0.6 is 0 Å². The van der Waals surface area contributed by atoms with E-state index < -0.39 is 5.97 Å². The summed E-state index contributed by atoms with van der Waals surface area (Å²) in [6, 6.07) is 7.80. The van der Waals surface area contributed by atoms with Crippen molar-refractivity contribution in [2.24, 2.45) is 0 Å². The molecule has 0 saturated carbocycles. The molecule has 0 aliphatic rings. The maximum atomic E-state index is 11.3. The van der Waals surface area contributed by atoms with Crippen LogP contribution in [0.1, 0.15) is 16.1 Å². The van der Waals surface area contributed by atoms with Crippen LogP contribution in [-0.2, 0) is 4.74 Å². The molecule has 2 rings (SSSR count). The second-order valence-electron chi connectivity index (χ2n) is 3.72. The molecule has 0 aliphatic heterocycles. The van der Waals surface area contributed by atoms with Gasteiger partial charge in [-0.3, -0.25) is 4.98 Å². The predicted molar refractivity (Wildman–Crippen MR) is 67.8 cm³/mol. The number of para-hydroxylation sites is 1. The molecular weight excluding hydrogens is 230 g/mol. The minimum Gasteiger partial charge on any atom is -0.464 e. The SMILES string of the molecule is COC(=O)c1cncc(Nc2ccccc2C)n1. The van der Waals surface area contributed by atoms with Crippen molar-refractivity contribution in [2.45, 2.75) is 6.92 Å². The number of hydrogen-bond acceptors (Lipinski definition) is 5. The summed E-state index contributed by atoms with van der Waals surface area (Å²) in [7, 11) is 1.31. The molecule has 0 saturated heterocycles. The summed E-state index contributed by atoms with van der Waals surface area (Å²) in [6.07, 6.45) is 2.92. The molecular formula is C13H13N3O2. The Morgan fingerprint density at radius 3 is 2.78 bits per heavy atom. The second-order valence-corrected chi connectivity index (χ2v) is 3.72. The molecule has 0 amide bonds. The highest BCUT2D eigenvalue weighted by molar-refractivity contribution is 5.87. The first-order chi connectivity index (χ1) is 8.70. The van der Waals surface area contributed by atoms with Crippen molar-refractivity contribution in [3.05, 3.63) is 47.9 Å². The number of hydrogen-bond donors (Lipinski definition) is 1. The van der Waals surface area contributed by atoms with E-state index in [4.69, 9.17) is 0 Å². The largest absolute Gasteiger partial charge is 0.464 e. The fraction of sp³-hybridized carbons (Fsp3) is 0.154. The number of carbonyl (C=O) groups excluding carboxylic acids is 1. The van der Waals surface area contributed by atoms with Gasteiger partial charge in [-0.2, -0.15) is 0 Å². The second kappa shape index (κ2) is 5.27. The number of aromatic nitrogens is 2. The quantitative estimate of drug-likeness (QED) is 0.838. The molecule has 5 nitrogen and oxygen atoms in total. The zero-order valence-electron chi connectivity index (χ0n) is 10.2. The molecule has 0 unspecified atom stereocenters. The molecule has 18 heavy (non-hydrogen) atoms. The molecule has 0 atom stereocenters. The van der Waals surface area contributed by atoms with E-state index in [0.29, 0.717) is 5.82 Å². The van der Waals surface area contributed by atoms with Gasteiger partial charge in [-0.25, -0.2) is 9.78 Å². The van der Waals surface area contributed by atoms with E-state index in [1.165, 1.54) is 13.3 Å². The highest BCUT2D eigenvalue weighted by atomic mass is 16.5. The van der Waals surface area contributed by atoms with Gasteiger partial charge in [0.1, 0.15) is 5.82 Å². The maximum absolute atomic E-state index is 11.3. The van der Waals surface area contributed by atoms with Gasteiger partial charge in [0.05, 0.1) is 19.5 Å². The minimum atomic E-state index is -0.504. The van der Waals surface area contributed by atoms with E-state index in [9.17, 15) is 4.79 Å². The van der Waals surface area contributed by atoms with Crippen LogP contribution in [0, 0.1) is 6.92 Å². The molecule has 1 N–H and O–H groups in total. The minimum absolute atomic E-state index is 0.177. The number of esters is 1. The van der Waals surface area contributed by atoms with E-state index in [0.717, 1.165) is 11.3 Å². The summed E-state index contributed by atoms with van der Waals surface area (Å²) in [6.45, 7) is 1.99. The Labute approximate surface area is 105 Å². The Balaban J connectivity index is 2.25. The summed E-state index contributed by atoms with van der Waals surface area (Å²) < 4.78 is 4.60. The smallest absolute Gasteiger partial charge is 0.358 e. The molecule has 0 radical (unpaired) electrons. The fourth-order valence-corrected chi connectivity index (χ4v) is 1.48. The average molecular weight is 243 g/mol. The van der Waals surface area contributed by atoms with Gasteiger partial charge in [0.25, 0.3) is 0 Å². The van der Waals surface area contributed by atoms with Crippen LogP contribution in [0.4, 0.5) is 11.5 Å². The number of nitrogens with zero attached hydrogens (tertiary/aromatic N) is 2. The molecule has 0 aliphatic carbocycles. The molecule has 1 aromatic carbocycles. The summed E-state index contributed by atoms with van der Waals surface area (Å²) in [4.78, 5) is 19.4. The molecule has 5 heteroatoms. The topological polar surface area (TPSA) is 64.1 Å². The lowest BCUT2D eigenvalue weighted by Gasteiger charge is -2.08. The average Bonchev–Trinajstić information content (AvgIpc) is 2.41. The number of benzene rings is 1. The van der Waals surface area contributed by atoms with Crippen LogP contribution in [0.15, 0.2) is 36.7 Å². The highest BCUT2D eigenvalue weighted by Gasteiger charge is 2.08. The zero-order chi connectivity index (χ0) is 13.0. The monoisotopic (exact) mass is 243 g/mol.